The molecule has 0 saturated carbocycles. The van der Waals surface area contributed by atoms with Gasteiger partial charge in [0.25, 0.3) is 11.6 Å². The molecule has 20 heavy (non-hydrogen) atoms. The number of halogens is 1. The van der Waals surface area contributed by atoms with Crippen molar-refractivity contribution in [3.63, 3.8) is 0 Å². The first kappa shape index (κ1) is 14.5. The molecular weight excluding hydrogens is 286 g/mol. The fourth-order valence-electron chi connectivity index (χ4n) is 1.88. The molecule has 8 heteroatoms. The van der Waals surface area contributed by atoms with E-state index in [1.807, 2.05) is 0 Å². The maximum atomic E-state index is 11.9. The Kier molecular flexibility index (Phi) is 4.75. The molecule has 1 heterocycles. The van der Waals surface area contributed by atoms with Crippen molar-refractivity contribution in [3.05, 3.63) is 33.3 Å². The third-order valence-corrected chi connectivity index (χ3v) is 3.25. The van der Waals surface area contributed by atoms with Crippen LogP contribution in [0, 0.1) is 10.1 Å². The van der Waals surface area contributed by atoms with E-state index in [2.05, 4.69) is 5.32 Å². The van der Waals surface area contributed by atoms with Crippen LogP contribution in [-0.4, -0.2) is 48.5 Å². The van der Waals surface area contributed by atoms with Gasteiger partial charge in [0, 0.05) is 38.3 Å². The molecule has 2 rings (SSSR count). The molecule has 0 bridgehead atoms. The van der Waals surface area contributed by atoms with Crippen molar-refractivity contribution in [2.24, 2.45) is 0 Å². The number of nitrogens with zero attached hydrogens (tertiary/aromatic N) is 2. The number of nitro benzene ring substituents is 1. The number of ether oxygens (including phenoxy) is 1. The zero-order valence-electron chi connectivity index (χ0n) is 10.7. The molecule has 108 valence electrons. The zero-order chi connectivity index (χ0) is 14.5. The van der Waals surface area contributed by atoms with E-state index in [9.17, 15) is 14.9 Å². The van der Waals surface area contributed by atoms with Crippen LogP contribution in [0.4, 0.5) is 5.69 Å². The number of nitro groups is 1. The predicted molar refractivity (Wildman–Crippen MR) is 73.1 cm³/mol. The summed E-state index contributed by atoms with van der Waals surface area (Å²) in [5.74, 6) is 0.227. The maximum Gasteiger partial charge on any atom is 0.288 e. The van der Waals surface area contributed by atoms with Crippen LogP contribution in [0.2, 0.25) is 5.02 Å². The fourth-order valence-corrected chi connectivity index (χ4v) is 2.12. The number of hydrogen-bond acceptors (Lipinski definition) is 5. The second kappa shape index (κ2) is 6.53. The Bertz CT molecular complexity index is 517. The molecule has 7 nitrogen and oxygen atoms in total. The summed E-state index contributed by atoms with van der Waals surface area (Å²) in [5.41, 5.74) is -0.188. The van der Waals surface area contributed by atoms with Crippen LogP contribution in [0.5, 0.6) is 5.75 Å². The summed E-state index contributed by atoms with van der Waals surface area (Å²) in [4.78, 5) is 23.6. The average molecular weight is 300 g/mol. The van der Waals surface area contributed by atoms with Gasteiger partial charge in [-0.2, -0.15) is 0 Å². The van der Waals surface area contributed by atoms with Gasteiger partial charge in [0.05, 0.1) is 4.92 Å². The van der Waals surface area contributed by atoms with E-state index in [-0.39, 0.29) is 23.2 Å². The molecule has 1 saturated heterocycles. The van der Waals surface area contributed by atoms with Crippen LogP contribution in [0.1, 0.15) is 0 Å². The molecule has 0 unspecified atom stereocenters. The highest BCUT2D eigenvalue weighted by molar-refractivity contribution is 6.32. The van der Waals surface area contributed by atoms with Crippen LogP contribution < -0.4 is 10.1 Å². The molecule has 1 fully saturated rings. The molecular formula is C12H14ClN3O4. The van der Waals surface area contributed by atoms with Crippen molar-refractivity contribution < 1.29 is 14.5 Å². The van der Waals surface area contributed by atoms with Gasteiger partial charge in [-0.25, -0.2) is 0 Å². The van der Waals surface area contributed by atoms with E-state index < -0.39 is 4.92 Å². The van der Waals surface area contributed by atoms with E-state index in [0.29, 0.717) is 18.8 Å². The van der Waals surface area contributed by atoms with Gasteiger partial charge < -0.3 is 15.0 Å². The van der Waals surface area contributed by atoms with Crippen molar-refractivity contribution in [2.75, 3.05) is 32.8 Å². The van der Waals surface area contributed by atoms with Gasteiger partial charge in [-0.15, -0.1) is 0 Å². The first-order valence-electron chi connectivity index (χ1n) is 6.13. The van der Waals surface area contributed by atoms with Gasteiger partial charge in [-0.3, -0.25) is 14.9 Å². The van der Waals surface area contributed by atoms with Crippen molar-refractivity contribution >= 4 is 23.2 Å². The number of nitrogens with one attached hydrogen (secondary N) is 1. The largest absolute Gasteiger partial charge is 0.484 e. The molecule has 1 aliphatic rings. The minimum absolute atomic E-state index is 0.0119. The van der Waals surface area contributed by atoms with E-state index >= 15 is 0 Å². The smallest absolute Gasteiger partial charge is 0.288 e. The van der Waals surface area contributed by atoms with Gasteiger partial charge in [-0.1, -0.05) is 11.6 Å². The number of benzene rings is 1. The SMILES string of the molecule is O=C(COc1ccc([N+](=O)[O-])c(Cl)c1)N1CCNCC1. The van der Waals surface area contributed by atoms with Gasteiger partial charge in [0.2, 0.25) is 0 Å². The average Bonchev–Trinajstić information content (AvgIpc) is 2.45. The maximum absolute atomic E-state index is 11.9. The van der Waals surface area contributed by atoms with Gasteiger partial charge in [-0.05, 0) is 6.07 Å². The first-order valence-corrected chi connectivity index (χ1v) is 6.51. The molecule has 1 aromatic rings. The minimum atomic E-state index is -0.571. The van der Waals surface area contributed by atoms with Gasteiger partial charge in [0.1, 0.15) is 10.8 Å². The third-order valence-electron chi connectivity index (χ3n) is 2.95. The number of carbonyl (C=O) groups excluding carboxylic acids is 1. The topological polar surface area (TPSA) is 84.7 Å². The fraction of sp³-hybridized carbons (Fsp3) is 0.417. The predicted octanol–water partition coefficient (Wildman–Crippen LogP) is 1.06. The van der Waals surface area contributed by atoms with E-state index in [4.69, 9.17) is 16.3 Å². The van der Waals surface area contributed by atoms with Crippen LogP contribution >= 0.6 is 11.6 Å². The van der Waals surface area contributed by atoms with Crippen molar-refractivity contribution in [1.29, 1.82) is 0 Å². The van der Waals surface area contributed by atoms with Crippen molar-refractivity contribution in [2.45, 2.75) is 0 Å². The molecule has 0 aromatic heterocycles. The molecule has 1 N–H and O–H groups in total. The molecule has 0 radical (unpaired) electrons. The monoisotopic (exact) mass is 299 g/mol. The first-order chi connectivity index (χ1) is 9.58. The molecule has 1 aliphatic heterocycles. The summed E-state index contributed by atoms with van der Waals surface area (Å²) < 4.78 is 5.32. The molecule has 1 amide bonds. The number of carbonyl (C=O) groups is 1. The Morgan fingerprint density at radius 3 is 2.75 bits per heavy atom. The lowest BCUT2D eigenvalue weighted by Crippen LogP contribution is -2.47. The Labute approximate surface area is 120 Å². The molecule has 0 spiro atoms. The highest BCUT2D eigenvalue weighted by Crippen LogP contribution is 2.28. The van der Waals surface area contributed by atoms with Crippen LogP contribution in [0.15, 0.2) is 18.2 Å². The van der Waals surface area contributed by atoms with Crippen LogP contribution in [-0.2, 0) is 4.79 Å². The lowest BCUT2D eigenvalue weighted by molar-refractivity contribution is -0.384. The quantitative estimate of drug-likeness (QED) is 0.664. The van der Waals surface area contributed by atoms with E-state index in [1.165, 1.54) is 18.2 Å². The van der Waals surface area contributed by atoms with Crippen LogP contribution in [0.25, 0.3) is 0 Å². The normalized spacial score (nSPS) is 14.9. The Morgan fingerprint density at radius 2 is 2.15 bits per heavy atom. The lowest BCUT2D eigenvalue weighted by Gasteiger charge is -2.27. The second-order valence-electron chi connectivity index (χ2n) is 4.29. The summed E-state index contributed by atoms with van der Waals surface area (Å²) in [6.45, 7) is 2.75. The van der Waals surface area contributed by atoms with Gasteiger partial charge in [0.15, 0.2) is 6.61 Å². The number of rotatable bonds is 4. The van der Waals surface area contributed by atoms with Gasteiger partial charge >= 0.3 is 0 Å². The zero-order valence-corrected chi connectivity index (χ0v) is 11.4. The molecule has 1 aromatic carbocycles. The van der Waals surface area contributed by atoms with Crippen molar-refractivity contribution in [1.82, 2.24) is 10.2 Å². The Hall–Kier alpha value is -1.86. The summed E-state index contributed by atoms with van der Waals surface area (Å²) in [7, 11) is 0. The van der Waals surface area contributed by atoms with Crippen molar-refractivity contribution in [3.8, 4) is 5.75 Å². The minimum Gasteiger partial charge on any atom is -0.484 e. The van der Waals surface area contributed by atoms with E-state index in [0.717, 1.165) is 13.1 Å². The standard InChI is InChI=1S/C12H14ClN3O4/c13-10-7-9(1-2-11(10)16(18)19)20-8-12(17)15-5-3-14-4-6-15/h1-2,7,14H,3-6,8H2. The summed E-state index contributed by atoms with van der Waals surface area (Å²) in [6.07, 6.45) is 0. The number of amides is 1. The molecule has 0 aliphatic carbocycles. The highest BCUT2D eigenvalue weighted by atomic mass is 35.5. The molecule has 0 atom stereocenters. The second-order valence-corrected chi connectivity index (χ2v) is 4.70. The van der Waals surface area contributed by atoms with Crippen LogP contribution in [0.3, 0.4) is 0 Å². The summed E-state index contributed by atoms with van der Waals surface area (Å²) in [5, 5.41) is 13.8. The summed E-state index contributed by atoms with van der Waals surface area (Å²) >= 11 is 5.76. The lowest BCUT2D eigenvalue weighted by atomic mass is 10.3. The third kappa shape index (κ3) is 3.58. The summed E-state index contributed by atoms with van der Waals surface area (Å²) in [6, 6.07) is 4.02. The van der Waals surface area contributed by atoms with E-state index in [1.54, 1.807) is 4.90 Å². The number of hydrogen-bond donors (Lipinski definition) is 1. The Balaban J connectivity index is 1.92. The highest BCUT2D eigenvalue weighted by Gasteiger charge is 2.17. The Morgan fingerprint density at radius 1 is 1.45 bits per heavy atom. The number of piperazine rings is 1.